The number of para-hydroxylation sites is 1. The minimum Gasteiger partial charge on any atom is -0.585 e. The van der Waals surface area contributed by atoms with Crippen molar-refractivity contribution in [1.82, 2.24) is 19.3 Å². The molecule has 3 heterocycles. The molecule has 0 aliphatic heterocycles. The van der Waals surface area contributed by atoms with Gasteiger partial charge in [-0.3, -0.25) is 9.59 Å². The Bertz CT molecular complexity index is 1170. The molecule has 0 amide bonds. The van der Waals surface area contributed by atoms with E-state index in [0.29, 0.717) is 28.3 Å². The fourth-order valence-corrected chi connectivity index (χ4v) is 3.95. The second-order valence-electron chi connectivity index (χ2n) is 6.01. The van der Waals surface area contributed by atoms with Gasteiger partial charge in [0.15, 0.2) is 5.13 Å². The fraction of sp³-hybridized carbons (Fsp3) is 0.278. The molecule has 8 heteroatoms. The Kier molecular flexibility index (Phi) is 5.53. The van der Waals surface area contributed by atoms with Crippen molar-refractivity contribution in [1.29, 1.82) is 0 Å². The average molecular weight is 376 g/mol. The molecule has 0 aliphatic carbocycles. The van der Waals surface area contributed by atoms with E-state index in [0.717, 1.165) is 23.1 Å². The molecule has 0 bridgehead atoms. The predicted molar refractivity (Wildman–Crippen MR) is 99.9 cm³/mol. The van der Waals surface area contributed by atoms with Gasteiger partial charge in [-0.1, -0.05) is 36.8 Å². The quantitative estimate of drug-likeness (QED) is 0.464. The zero-order valence-corrected chi connectivity index (χ0v) is 17.8. The molecule has 3 aromatic heterocycles. The van der Waals surface area contributed by atoms with Crippen LogP contribution in [0, 0.1) is 6.92 Å². The topological polar surface area (TPSA) is 71.0 Å². The number of aryl methyl sites for hydroxylation is 1. The molecule has 0 fully saturated rings. The van der Waals surface area contributed by atoms with E-state index in [9.17, 15) is 9.59 Å². The van der Waals surface area contributed by atoms with Crippen LogP contribution >= 0.6 is 11.3 Å². The molecule has 0 aliphatic rings. The van der Waals surface area contributed by atoms with Gasteiger partial charge in [-0.15, -0.1) is 5.52 Å². The Morgan fingerprint density at radius 1 is 1.23 bits per heavy atom. The number of unbranched alkanes of at least 4 members (excludes halogenated alkanes) is 1. The summed E-state index contributed by atoms with van der Waals surface area (Å²) in [7, 11) is 0. The monoisotopic (exact) mass is 376 g/mol. The zero-order chi connectivity index (χ0) is 17.6. The summed E-state index contributed by atoms with van der Waals surface area (Å²) in [5.41, 5.74) is 1.60. The van der Waals surface area contributed by atoms with E-state index in [1.165, 1.54) is 22.1 Å². The number of benzene rings is 1. The van der Waals surface area contributed by atoms with E-state index in [2.05, 4.69) is 17.0 Å². The summed E-state index contributed by atoms with van der Waals surface area (Å²) in [5, 5.41) is 5.38. The molecule has 1 aromatic carbocycles. The Hall–Kier alpha value is -1.67. The Morgan fingerprint density at radius 3 is 2.73 bits per heavy atom. The normalized spacial score (nSPS) is 11.2. The first-order valence-corrected chi connectivity index (χ1v) is 9.08. The standard InChI is InChI=1S/C18H18N4O2S.Na/c1-3-4-9-21-11(2)16-13(10-15(21)23)20-22(17(16)24)18-19-12-7-5-6-8-14(12)25-18;/h5-8,10H,3-4,9H2,1-2H3,(H,20,23);/q;+1/p-1. The summed E-state index contributed by atoms with van der Waals surface area (Å²) in [6, 6.07) is 9.16. The van der Waals surface area contributed by atoms with E-state index in [1.807, 2.05) is 31.2 Å². The van der Waals surface area contributed by atoms with E-state index >= 15 is 0 Å². The number of nitrogens with zero attached hydrogens (tertiary/aromatic N) is 4. The van der Waals surface area contributed by atoms with Crippen LogP contribution in [0.15, 0.2) is 39.9 Å². The predicted octanol–water partition coefficient (Wildman–Crippen LogP) is -0.168. The van der Waals surface area contributed by atoms with Crippen LogP contribution in [0.1, 0.15) is 25.5 Å². The van der Waals surface area contributed by atoms with Crippen LogP contribution in [-0.4, -0.2) is 14.2 Å². The zero-order valence-electron chi connectivity index (χ0n) is 15.0. The Balaban J connectivity index is 0.00000196. The second kappa shape index (κ2) is 7.52. The summed E-state index contributed by atoms with van der Waals surface area (Å²) in [4.78, 5) is 29.8. The van der Waals surface area contributed by atoms with Gasteiger partial charge in [0.05, 0.1) is 10.2 Å². The summed E-state index contributed by atoms with van der Waals surface area (Å²) in [6.45, 7) is 4.50. The third kappa shape index (κ3) is 3.09. The van der Waals surface area contributed by atoms with Crippen molar-refractivity contribution >= 4 is 32.5 Å². The smallest absolute Gasteiger partial charge is 0.585 e. The maximum Gasteiger partial charge on any atom is 1.00 e. The molecule has 0 N–H and O–H groups in total. The van der Waals surface area contributed by atoms with Crippen LogP contribution < -0.4 is 45.8 Å². The number of rotatable bonds is 4. The van der Waals surface area contributed by atoms with Crippen molar-refractivity contribution in [3.63, 3.8) is 0 Å². The average Bonchev–Trinajstić information content (AvgIpc) is 3.15. The molecular formula is C18H17N4NaO2S. The fourth-order valence-electron chi connectivity index (χ4n) is 3.03. The summed E-state index contributed by atoms with van der Waals surface area (Å²) in [6.07, 6.45) is 1.88. The molecular weight excluding hydrogens is 359 g/mol. The summed E-state index contributed by atoms with van der Waals surface area (Å²) >= 11 is 1.41. The maximum atomic E-state index is 12.9. The van der Waals surface area contributed by atoms with Crippen molar-refractivity contribution in [3.8, 4) is 5.13 Å². The van der Waals surface area contributed by atoms with Gasteiger partial charge < -0.3 is 14.3 Å². The first kappa shape index (κ1) is 19.1. The van der Waals surface area contributed by atoms with Gasteiger partial charge in [0.1, 0.15) is 0 Å². The van der Waals surface area contributed by atoms with Gasteiger partial charge in [0, 0.05) is 17.6 Å². The van der Waals surface area contributed by atoms with Crippen molar-refractivity contribution in [2.45, 2.75) is 33.2 Å². The van der Waals surface area contributed by atoms with Crippen molar-refractivity contribution in [2.24, 2.45) is 0 Å². The van der Waals surface area contributed by atoms with Crippen LogP contribution in [-0.2, 0) is 6.54 Å². The molecule has 26 heavy (non-hydrogen) atoms. The summed E-state index contributed by atoms with van der Waals surface area (Å²) in [5.74, 6) is 0. The molecule has 0 saturated carbocycles. The minimum absolute atomic E-state index is 0. The van der Waals surface area contributed by atoms with Crippen molar-refractivity contribution < 1.29 is 29.6 Å². The molecule has 4 aromatic rings. The van der Waals surface area contributed by atoms with E-state index in [1.54, 1.807) is 4.57 Å². The second-order valence-corrected chi connectivity index (χ2v) is 7.02. The number of hydrogen-bond donors (Lipinski definition) is 0. The Labute approximate surface area is 175 Å². The van der Waals surface area contributed by atoms with Gasteiger partial charge >= 0.3 is 29.6 Å². The van der Waals surface area contributed by atoms with Crippen LogP contribution in [0.25, 0.3) is 26.3 Å². The summed E-state index contributed by atoms with van der Waals surface area (Å²) < 4.78 is 3.97. The van der Waals surface area contributed by atoms with Gasteiger partial charge in [0.2, 0.25) is 11.1 Å². The molecule has 0 radical (unpaired) electrons. The SMILES string of the molecule is CCCCn1c(C)c2c(=O)n(-c3nc4ccccc4s3)[n-]c2cc1=O.[Na+]. The molecule has 0 unspecified atom stereocenters. The van der Waals surface area contributed by atoms with Gasteiger partial charge in [-0.25, -0.2) is 4.98 Å². The number of pyridine rings is 1. The van der Waals surface area contributed by atoms with E-state index < -0.39 is 0 Å². The number of hydrogen-bond acceptors (Lipinski definition) is 4. The number of thiazole rings is 1. The first-order chi connectivity index (χ1) is 12.1. The van der Waals surface area contributed by atoms with Crippen LogP contribution in [0.3, 0.4) is 0 Å². The molecule has 4 rings (SSSR count). The molecule has 0 saturated heterocycles. The third-order valence-corrected chi connectivity index (χ3v) is 5.37. The van der Waals surface area contributed by atoms with E-state index in [-0.39, 0.29) is 40.7 Å². The van der Waals surface area contributed by atoms with E-state index in [4.69, 9.17) is 0 Å². The van der Waals surface area contributed by atoms with Crippen LogP contribution in [0.4, 0.5) is 0 Å². The molecule has 128 valence electrons. The van der Waals surface area contributed by atoms with Crippen LogP contribution in [0.5, 0.6) is 0 Å². The first-order valence-electron chi connectivity index (χ1n) is 8.26. The van der Waals surface area contributed by atoms with Gasteiger partial charge in [-0.2, -0.15) is 0 Å². The van der Waals surface area contributed by atoms with Crippen molar-refractivity contribution in [3.05, 3.63) is 56.7 Å². The van der Waals surface area contributed by atoms with Crippen LogP contribution in [0.2, 0.25) is 0 Å². The van der Waals surface area contributed by atoms with Gasteiger partial charge in [-0.05, 0) is 31.5 Å². The van der Waals surface area contributed by atoms with Crippen molar-refractivity contribution in [2.75, 3.05) is 0 Å². The largest absolute Gasteiger partial charge is 1.00 e. The molecule has 0 spiro atoms. The maximum absolute atomic E-state index is 12.9. The number of aromatic nitrogens is 4. The minimum atomic E-state index is -0.225. The Morgan fingerprint density at radius 2 is 2.00 bits per heavy atom. The van der Waals surface area contributed by atoms with Gasteiger partial charge in [0.25, 0.3) is 0 Å². The number of fused-ring (bicyclic) bond motifs is 2. The molecule has 6 nitrogen and oxygen atoms in total. The third-order valence-electron chi connectivity index (χ3n) is 4.36. The molecule has 0 atom stereocenters.